The Morgan fingerprint density at radius 1 is 1.16 bits per heavy atom. The van der Waals surface area contributed by atoms with Gasteiger partial charge in [0.05, 0.1) is 6.10 Å². The average molecular weight is 258 g/mol. The summed E-state index contributed by atoms with van der Waals surface area (Å²) in [7, 11) is 0. The topological polar surface area (TPSA) is 29.5 Å². The standard InChI is InChI=1S/C16H15FO2/c1-10-6-7-13(17)12(8-10)16-9-14(18)11-4-2-3-5-15(11)19-16/h2-8,14,16,18H,9H2,1H3/t14-,16?/m0/s1. The maximum atomic E-state index is 13.9. The third kappa shape index (κ3) is 2.22. The van der Waals surface area contributed by atoms with Gasteiger partial charge in [-0.25, -0.2) is 4.39 Å². The SMILES string of the molecule is Cc1ccc(F)c(C2C[C@H](O)c3ccccc3O2)c1. The highest BCUT2D eigenvalue weighted by Gasteiger charge is 2.29. The Balaban J connectivity index is 1.99. The number of halogens is 1. The van der Waals surface area contributed by atoms with Crippen LogP contribution in [-0.4, -0.2) is 5.11 Å². The summed E-state index contributed by atoms with van der Waals surface area (Å²) in [5, 5.41) is 10.2. The number of hydrogen-bond donors (Lipinski definition) is 1. The molecule has 1 unspecified atom stereocenters. The fourth-order valence-electron chi connectivity index (χ4n) is 2.49. The highest BCUT2D eigenvalue weighted by Crippen LogP contribution is 2.41. The molecule has 2 aromatic rings. The lowest BCUT2D eigenvalue weighted by molar-refractivity contribution is 0.0640. The van der Waals surface area contributed by atoms with Gasteiger partial charge in [0, 0.05) is 17.5 Å². The number of hydrogen-bond acceptors (Lipinski definition) is 2. The molecule has 98 valence electrons. The van der Waals surface area contributed by atoms with Crippen molar-refractivity contribution in [1.82, 2.24) is 0 Å². The zero-order valence-corrected chi connectivity index (χ0v) is 10.6. The van der Waals surface area contributed by atoms with Crippen LogP contribution in [0.2, 0.25) is 0 Å². The van der Waals surface area contributed by atoms with Crippen LogP contribution in [0.25, 0.3) is 0 Å². The Morgan fingerprint density at radius 3 is 2.79 bits per heavy atom. The fourth-order valence-corrected chi connectivity index (χ4v) is 2.49. The Kier molecular flexibility index (Phi) is 2.99. The van der Waals surface area contributed by atoms with Crippen LogP contribution < -0.4 is 4.74 Å². The lowest BCUT2D eigenvalue weighted by Gasteiger charge is -2.30. The number of benzene rings is 2. The molecule has 0 amide bonds. The highest BCUT2D eigenvalue weighted by molar-refractivity contribution is 5.39. The van der Waals surface area contributed by atoms with Crippen LogP contribution in [0.3, 0.4) is 0 Å². The van der Waals surface area contributed by atoms with Crippen LogP contribution in [0, 0.1) is 12.7 Å². The summed E-state index contributed by atoms with van der Waals surface area (Å²) in [6, 6.07) is 12.3. The van der Waals surface area contributed by atoms with Crippen molar-refractivity contribution in [2.75, 3.05) is 0 Å². The van der Waals surface area contributed by atoms with Gasteiger partial charge in [0.1, 0.15) is 17.7 Å². The number of para-hydroxylation sites is 1. The van der Waals surface area contributed by atoms with Gasteiger partial charge < -0.3 is 9.84 Å². The molecule has 1 heterocycles. The van der Waals surface area contributed by atoms with E-state index in [1.807, 2.05) is 25.1 Å². The second kappa shape index (κ2) is 4.67. The van der Waals surface area contributed by atoms with Gasteiger partial charge in [0.25, 0.3) is 0 Å². The third-order valence-corrected chi connectivity index (χ3v) is 3.48. The van der Waals surface area contributed by atoms with E-state index in [-0.39, 0.29) is 5.82 Å². The zero-order chi connectivity index (χ0) is 13.4. The third-order valence-electron chi connectivity index (χ3n) is 3.48. The smallest absolute Gasteiger partial charge is 0.130 e. The van der Waals surface area contributed by atoms with E-state index in [1.54, 1.807) is 18.2 Å². The summed E-state index contributed by atoms with van der Waals surface area (Å²) in [5.74, 6) is 0.342. The quantitative estimate of drug-likeness (QED) is 0.845. The largest absolute Gasteiger partial charge is 0.485 e. The molecule has 0 saturated heterocycles. The molecular formula is C16H15FO2. The monoisotopic (exact) mass is 258 g/mol. The maximum Gasteiger partial charge on any atom is 0.130 e. The molecule has 1 aliphatic heterocycles. The van der Waals surface area contributed by atoms with Crippen molar-refractivity contribution in [3.05, 3.63) is 65.0 Å². The molecule has 0 spiro atoms. The molecule has 0 radical (unpaired) electrons. The minimum atomic E-state index is -0.616. The second-order valence-corrected chi connectivity index (χ2v) is 4.92. The molecule has 19 heavy (non-hydrogen) atoms. The molecule has 3 heteroatoms. The Hall–Kier alpha value is -1.87. The van der Waals surface area contributed by atoms with E-state index in [9.17, 15) is 9.50 Å². The molecule has 0 saturated carbocycles. The van der Waals surface area contributed by atoms with Gasteiger partial charge in [-0.1, -0.05) is 29.8 Å². The van der Waals surface area contributed by atoms with Crippen LogP contribution in [0.4, 0.5) is 4.39 Å². The molecule has 0 bridgehead atoms. The lowest BCUT2D eigenvalue weighted by atomic mass is 9.94. The van der Waals surface area contributed by atoms with E-state index in [0.29, 0.717) is 17.7 Å². The number of aryl methyl sites for hydroxylation is 1. The van der Waals surface area contributed by atoms with E-state index in [1.165, 1.54) is 6.07 Å². The normalized spacial score (nSPS) is 21.6. The molecule has 1 aliphatic rings. The Bertz CT molecular complexity index is 609. The summed E-state index contributed by atoms with van der Waals surface area (Å²) < 4.78 is 19.7. The van der Waals surface area contributed by atoms with Gasteiger partial charge in [0.15, 0.2) is 0 Å². The minimum absolute atomic E-state index is 0.290. The maximum absolute atomic E-state index is 13.9. The van der Waals surface area contributed by atoms with Gasteiger partial charge in [-0.2, -0.15) is 0 Å². The first-order valence-corrected chi connectivity index (χ1v) is 6.35. The molecule has 3 rings (SSSR count). The number of aliphatic hydroxyl groups is 1. The fraction of sp³-hybridized carbons (Fsp3) is 0.250. The molecular weight excluding hydrogens is 243 g/mol. The summed E-state index contributed by atoms with van der Waals surface area (Å²) in [6.45, 7) is 1.91. The molecule has 2 aromatic carbocycles. The molecule has 0 fully saturated rings. The number of fused-ring (bicyclic) bond motifs is 1. The van der Waals surface area contributed by atoms with Crippen molar-refractivity contribution >= 4 is 0 Å². The van der Waals surface area contributed by atoms with Gasteiger partial charge in [-0.3, -0.25) is 0 Å². The van der Waals surface area contributed by atoms with E-state index in [4.69, 9.17) is 4.74 Å². The molecule has 2 atom stereocenters. The first kappa shape index (κ1) is 12.2. The van der Waals surface area contributed by atoms with Crippen molar-refractivity contribution in [2.45, 2.75) is 25.6 Å². The van der Waals surface area contributed by atoms with Crippen molar-refractivity contribution < 1.29 is 14.2 Å². The van der Waals surface area contributed by atoms with Crippen LogP contribution in [0.5, 0.6) is 5.75 Å². The van der Waals surface area contributed by atoms with Gasteiger partial charge in [0.2, 0.25) is 0 Å². The van der Waals surface area contributed by atoms with Gasteiger partial charge in [-0.05, 0) is 25.1 Å². The molecule has 2 nitrogen and oxygen atoms in total. The van der Waals surface area contributed by atoms with Crippen LogP contribution in [0.1, 0.15) is 35.3 Å². The summed E-state index contributed by atoms with van der Waals surface area (Å²) in [4.78, 5) is 0. The van der Waals surface area contributed by atoms with Crippen molar-refractivity contribution in [1.29, 1.82) is 0 Å². The van der Waals surface area contributed by atoms with Crippen LogP contribution >= 0.6 is 0 Å². The van der Waals surface area contributed by atoms with E-state index in [2.05, 4.69) is 0 Å². The summed E-state index contributed by atoms with van der Waals surface area (Å²) >= 11 is 0. The summed E-state index contributed by atoms with van der Waals surface area (Å²) in [6.07, 6.45) is -0.683. The lowest BCUT2D eigenvalue weighted by Crippen LogP contribution is -2.20. The van der Waals surface area contributed by atoms with Crippen molar-refractivity contribution in [2.24, 2.45) is 0 Å². The van der Waals surface area contributed by atoms with Crippen molar-refractivity contribution in [3.63, 3.8) is 0 Å². The van der Waals surface area contributed by atoms with Crippen molar-refractivity contribution in [3.8, 4) is 5.75 Å². The Labute approximate surface area is 111 Å². The van der Waals surface area contributed by atoms with Crippen LogP contribution in [-0.2, 0) is 0 Å². The number of aliphatic hydroxyl groups excluding tert-OH is 1. The van der Waals surface area contributed by atoms with Crippen LogP contribution in [0.15, 0.2) is 42.5 Å². The predicted octanol–water partition coefficient (Wildman–Crippen LogP) is 3.69. The predicted molar refractivity (Wildman–Crippen MR) is 70.5 cm³/mol. The second-order valence-electron chi connectivity index (χ2n) is 4.92. The molecule has 0 aromatic heterocycles. The molecule has 1 N–H and O–H groups in total. The average Bonchev–Trinajstić information content (AvgIpc) is 2.41. The number of ether oxygens (including phenoxy) is 1. The van der Waals surface area contributed by atoms with E-state index >= 15 is 0 Å². The van der Waals surface area contributed by atoms with E-state index < -0.39 is 12.2 Å². The molecule has 0 aliphatic carbocycles. The zero-order valence-electron chi connectivity index (χ0n) is 10.6. The number of rotatable bonds is 1. The summed E-state index contributed by atoms with van der Waals surface area (Å²) in [5.41, 5.74) is 2.26. The van der Waals surface area contributed by atoms with Gasteiger partial charge in [-0.15, -0.1) is 0 Å². The highest BCUT2D eigenvalue weighted by atomic mass is 19.1. The van der Waals surface area contributed by atoms with Gasteiger partial charge >= 0.3 is 0 Å². The minimum Gasteiger partial charge on any atom is -0.485 e. The van der Waals surface area contributed by atoms with E-state index in [0.717, 1.165) is 11.1 Å². The first-order valence-electron chi connectivity index (χ1n) is 6.35. The first-order chi connectivity index (χ1) is 9.15. The Morgan fingerprint density at radius 2 is 1.95 bits per heavy atom.